The van der Waals surface area contributed by atoms with Crippen molar-refractivity contribution < 1.29 is 4.39 Å². The van der Waals surface area contributed by atoms with Gasteiger partial charge in [-0.3, -0.25) is 9.97 Å². The van der Waals surface area contributed by atoms with Crippen LogP contribution in [0.5, 0.6) is 0 Å². The summed E-state index contributed by atoms with van der Waals surface area (Å²) in [5.41, 5.74) is 2.05. The number of aromatic nitrogens is 2. The number of nitrogens with zero attached hydrogens (tertiary/aromatic N) is 2. The first kappa shape index (κ1) is 8.81. The third kappa shape index (κ3) is 1.62. The summed E-state index contributed by atoms with van der Waals surface area (Å²) in [6, 6.07) is 6.80. The first-order valence-corrected chi connectivity index (χ1v) is 4.31. The maximum Gasteiger partial charge on any atom is 0.144 e. The van der Waals surface area contributed by atoms with Crippen LogP contribution in [-0.2, 0) is 0 Å². The Morgan fingerprint density at radius 1 is 1.21 bits per heavy atom. The highest BCUT2D eigenvalue weighted by Gasteiger charge is 2.02. The number of hydrogen-bond acceptors (Lipinski definition) is 2. The first-order valence-electron chi connectivity index (χ1n) is 4.31. The topological polar surface area (TPSA) is 25.8 Å². The Morgan fingerprint density at radius 2 is 2.07 bits per heavy atom. The minimum atomic E-state index is -0.280. The lowest BCUT2D eigenvalue weighted by molar-refractivity contribution is 0.610. The van der Waals surface area contributed by atoms with Crippen LogP contribution in [0.3, 0.4) is 0 Å². The molecule has 0 aliphatic heterocycles. The first-order chi connectivity index (χ1) is 6.77. The highest BCUT2D eigenvalue weighted by atomic mass is 19.1. The van der Waals surface area contributed by atoms with Crippen molar-refractivity contribution in [2.75, 3.05) is 0 Å². The number of rotatable bonds is 1. The summed E-state index contributed by atoms with van der Waals surface area (Å²) in [6.07, 6.45) is 3.40. The summed E-state index contributed by atoms with van der Waals surface area (Å²) < 4.78 is 12.9. The molecule has 70 valence electrons. The summed E-state index contributed by atoms with van der Waals surface area (Å²) in [4.78, 5) is 8.11. The number of pyridine rings is 2. The van der Waals surface area contributed by atoms with E-state index in [0.717, 1.165) is 11.3 Å². The van der Waals surface area contributed by atoms with Crippen molar-refractivity contribution >= 4 is 0 Å². The lowest BCUT2D eigenvalue weighted by atomic mass is 10.2. The number of hydrogen-bond donors (Lipinski definition) is 0. The summed E-state index contributed by atoms with van der Waals surface area (Å²) in [7, 11) is 0. The van der Waals surface area contributed by atoms with Crippen LogP contribution in [0, 0.1) is 12.7 Å². The second kappa shape index (κ2) is 3.54. The zero-order chi connectivity index (χ0) is 9.97. The fourth-order valence-electron chi connectivity index (χ4n) is 1.22. The molecule has 0 radical (unpaired) electrons. The van der Waals surface area contributed by atoms with E-state index in [1.165, 1.54) is 6.07 Å². The fraction of sp³-hybridized carbons (Fsp3) is 0.0909. The molecule has 0 saturated heterocycles. The molecule has 0 aliphatic carbocycles. The van der Waals surface area contributed by atoms with E-state index in [4.69, 9.17) is 0 Å². The van der Waals surface area contributed by atoms with E-state index >= 15 is 0 Å². The maximum atomic E-state index is 12.9. The molecule has 0 saturated carbocycles. The van der Waals surface area contributed by atoms with Crippen LogP contribution in [0.4, 0.5) is 4.39 Å². The third-order valence-electron chi connectivity index (χ3n) is 1.98. The van der Waals surface area contributed by atoms with Crippen LogP contribution in [0.15, 0.2) is 36.7 Å². The standard InChI is InChI=1S/C11H9FN2/c1-8-10(12)4-5-11(14-8)9-3-2-6-13-7-9/h2-7H,1H3. The van der Waals surface area contributed by atoms with Gasteiger partial charge in [0.2, 0.25) is 0 Å². The van der Waals surface area contributed by atoms with E-state index in [0.29, 0.717) is 5.69 Å². The number of aryl methyl sites for hydroxylation is 1. The molecular formula is C11H9FN2. The van der Waals surface area contributed by atoms with Gasteiger partial charge in [-0.1, -0.05) is 0 Å². The Kier molecular flexibility index (Phi) is 2.23. The smallest absolute Gasteiger partial charge is 0.144 e. The summed E-state index contributed by atoms with van der Waals surface area (Å²) >= 11 is 0. The Labute approximate surface area is 81.5 Å². The molecule has 0 fully saturated rings. The van der Waals surface area contributed by atoms with Crippen LogP contribution in [0.25, 0.3) is 11.3 Å². The van der Waals surface area contributed by atoms with Gasteiger partial charge in [-0.15, -0.1) is 0 Å². The van der Waals surface area contributed by atoms with Gasteiger partial charge in [0.25, 0.3) is 0 Å². The fourth-order valence-corrected chi connectivity index (χ4v) is 1.22. The van der Waals surface area contributed by atoms with E-state index < -0.39 is 0 Å². The minimum absolute atomic E-state index is 0.280. The maximum absolute atomic E-state index is 12.9. The molecule has 2 aromatic rings. The van der Waals surface area contributed by atoms with E-state index in [2.05, 4.69) is 9.97 Å². The Hall–Kier alpha value is -1.77. The Bertz CT molecular complexity index is 440. The van der Waals surface area contributed by atoms with Gasteiger partial charge < -0.3 is 0 Å². The molecule has 0 bridgehead atoms. The van der Waals surface area contributed by atoms with Crippen LogP contribution in [0.2, 0.25) is 0 Å². The van der Waals surface area contributed by atoms with E-state index in [9.17, 15) is 4.39 Å². The molecule has 0 aliphatic rings. The zero-order valence-electron chi connectivity index (χ0n) is 7.74. The molecule has 2 aromatic heterocycles. The van der Waals surface area contributed by atoms with Gasteiger partial charge in [0, 0.05) is 18.0 Å². The quantitative estimate of drug-likeness (QED) is 0.687. The Balaban J connectivity index is 2.48. The number of halogens is 1. The zero-order valence-corrected chi connectivity index (χ0v) is 7.74. The van der Waals surface area contributed by atoms with Crippen molar-refractivity contribution in [2.45, 2.75) is 6.92 Å². The predicted octanol–water partition coefficient (Wildman–Crippen LogP) is 2.59. The molecule has 0 unspecified atom stereocenters. The SMILES string of the molecule is Cc1nc(-c2cccnc2)ccc1F. The van der Waals surface area contributed by atoms with Crippen molar-refractivity contribution in [3.05, 3.63) is 48.2 Å². The normalized spacial score (nSPS) is 10.1. The molecule has 0 spiro atoms. The largest absolute Gasteiger partial charge is 0.264 e. The van der Waals surface area contributed by atoms with Crippen molar-refractivity contribution in [2.24, 2.45) is 0 Å². The summed E-state index contributed by atoms with van der Waals surface area (Å²) in [6.45, 7) is 1.65. The average Bonchev–Trinajstić information content (AvgIpc) is 2.23. The Morgan fingerprint density at radius 3 is 2.71 bits per heavy atom. The lowest BCUT2D eigenvalue weighted by Gasteiger charge is -2.01. The van der Waals surface area contributed by atoms with Crippen LogP contribution < -0.4 is 0 Å². The second-order valence-corrected chi connectivity index (χ2v) is 3.01. The van der Waals surface area contributed by atoms with Crippen molar-refractivity contribution in [1.29, 1.82) is 0 Å². The molecule has 2 nitrogen and oxygen atoms in total. The molecule has 2 heterocycles. The van der Waals surface area contributed by atoms with Crippen molar-refractivity contribution in [1.82, 2.24) is 9.97 Å². The van der Waals surface area contributed by atoms with Gasteiger partial charge in [-0.2, -0.15) is 0 Å². The minimum Gasteiger partial charge on any atom is -0.264 e. The van der Waals surface area contributed by atoms with E-state index in [1.54, 1.807) is 25.4 Å². The molecular weight excluding hydrogens is 179 g/mol. The molecule has 0 amide bonds. The van der Waals surface area contributed by atoms with Gasteiger partial charge in [0.1, 0.15) is 5.82 Å². The second-order valence-electron chi connectivity index (χ2n) is 3.01. The summed E-state index contributed by atoms with van der Waals surface area (Å²) in [5, 5.41) is 0. The van der Waals surface area contributed by atoms with Crippen molar-refractivity contribution in [3.8, 4) is 11.3 Å². The molecule has 14 heavy (non-hydrogen) atoms. The molecule has 2 rings (SSSR count). The average molecular weight is 188 g/mol. The molecule has 0 N–H and O–H groups in total. The van der Waals surface area contributed by atoms with Gasteiger partial charge >= 0.3 is 0 Å². The van der Waals surface area contributed by atoms with E-state index in [1.807, 2.05) is 12.1 Å². The van der Waals surface area contributed by atoms with Gasteiger partial charge in [-0.05, 0) is 31.2 Å². The lowest BCUT2D eigenvalue weighted by Crippen LogP contribution is -1.90. The van der Waals surface area contributed by atoms with Crippen LogP contribution >= 0.6 is 0 Å². The molecule has 0 atom stereocenters. The van der Waals surface area contributed by atoms with Crippen LogP contribution in [0.1, 0.15) is 5.69 Å². The molecule has 3 heteroatoms. The van der Waals surface area contributed by atoms with Gasteiger partial charge in [-0.25, -0.2) is 4.39 Å². The van der Waals surface area contributed by atoms with E-state index in [-0.39, 0.29) is 5.82 Å². The van der Waals surface area contributed by atoms with Gasteiger partial charge in [0.15, 0.2) is 0 Å². The highest BCUT2D eigenvalue weighted by molar-refractivity contribution is 5.57. The van der Waals surface area contributed by atoms with Crippen molar-refractivity contribution in [3.63, 3.8) is 0 Å². The third-order valence-corrected chi connectivity index (χ3v) is 1.98. The summed E-state index contributed by atoms with van der Waals surface area (Å²) in [5.74, 6) is -0.280. The monoisotopic (exact) mass is 188 g/mol. The van der Waals surface area contributed by atoms with Crippen LogP contribution in [-0.4, -0.2) is 9.97 Å². The van der Waals surface area contributed by atoms with Gasteiger partial charge in [0.05, 0.1) is 11.4 Å². The predicted molar refractivity (Wildman–Crippen MR) is 52.2 cm³/mol. The molecule has 0 aromatic carbocycles. The highest BCUT2D eigenvalue weighted by Crippen LogP contribution is 2.16.